The number of likely N-dealkylation sites (tertiary alicyclic amines) is 1. The van der Waals surface area contributed by atoms with Crippen molar-refractivity contribution in [2.45, 2.75) is 19.4 Å². The highest BCUT2D eigenvalue weighted by Gasteiger charge is 2.23. The lowest BCUT2D eigenvalue weighted by atomic mass is 9.97. The maximum Gasteiger partial charge on any atom is 0.221 e. The Morgan fingerprint density at radius 3 is 2.80 bits per heavy atom. The summed E-state index contributed by atoms with van der Waals surface area (Å²) in [4.78, 5) is 13.7. The van der Waals surface area contributed by atoms with Gasteiger partial charge in [0.2, 0.25) is 5.91 Å². The van der Waals surface area contributed by atoms with Gasteiger partial charge in [0.05, 0.1) is 5.92 Å². The first-order valence-corrected chi connectivity index (χ1v) is 7.22. The number of amides is 1. The van der Waals surface area contributed by atoms with Crippen molar-refractivity contribution in [1.82, 2.24) is 4.90 Å². The molecule has 1 fully saturated rings. The van der Waals surface area contributed by atoms with E-state index in [0.29, 0.717) is 0 Å². The Balaban J connectivity index is 1.74. The van der Waals surface area contributed by atoms with Crippen molar-refractivity contribution in [3.8, 4) is 0 Å². The van der Waals surface area contributed by atoms with E-state index >= 15 is 0 Å². The normalized spacial score (nSPS) is 20.1. The average Bonchev–Trinajstić information content (AvgIpc) is 2.47. The first-order valence-electron chi connectivity index (χ1n) is 7.22. The monoisotopic (exact) mass is 268 g/mol. The summed E-state index contributed by atoms with van der Waals surface area (Å²) in [6.07, 6.45) is 1.99. The van der Waals surface area contributed by atoms with E-state index in [2.05, 4.69) is 47.4 Å². The van der Waals surface area contributed by atoms with Crippen LogP contribution in [-0.2, 0) is 11.3 Å². The van der Waals surface area contributed by atoms with Crippen LogP contribution in [0.4, 0.5) is 0 Å². The molecule has 3 heteroatoms. The Morgan fingerprint density at radius 1 is 1.20 bits per heavy atom. The van der Waals surface area contributed by atoms with E-state index in [4.69, 9.17) is 5.73 Å². The Hall–Kier alpha value is -1.87. The highest BCUT2D eigenvalue weighted by molar-refractivity contribution is 5.83. The zero-order chi connectivity index (χ0) is 13.9. The van der Waals surface area contributed by atoms with Gasteiger partial charge < -0.3 is 5.73 Å². The van der Waals surface area contributed by atoms with Crippen LogP contribution in [0.2, 0.25) is 0 Å². The molecule has 2 aromatic carbocycles. The molecule has 0 spiro atoms. The molecular formula is C17H20N2O. The van der Waals surface area contributed by atoms with Gasteiger partial charge in [-0.05, 0) is 41.8 Å². The van der Waals surface area contributed by atoms with Crippen LogP contribution >= 0.6 is 0 Å². The molecule has 1 saturated heterocycles. The maximum atomic E-state index is 11.3. The van der Waals surface area contributed by atoms with Crippen molar-refractivity contribution in [2.24, 2.45) is 11.7 Å². The predicted octanol–water partition coefficient (Wildman–Crippen LogP) is 2.54. The highest BCUT2D eigenvalue weighted by atomic mass is 16.1. The van der Waals surface area contributed by atoms with Gasteiger partial charge in [0, 0.05) is 13.1 Å². The SMILES string of the molecule is NC(=O)[C@H]1CCCN(Cc2ccc3ccccc3c2)C1. The quantitative estimate of drug-likeness (QED) is 0.930. The number of benzene rings is 2. The molecule has 2 N–H and O–H groups in total. The second-order valence-electron chi connectivity index (χ2n) is 5.66. The first kappa shape index (κ1) is 13.1. The van der Waals surface area contributed by atoms with E-state index < -0.39 is 0 Å². The van der Waals surface area contributed by atoms with Gasteiger partial charge in [0.1, 0.15) is 0 Å². The molecule has 1 aliphatic heterocycles. The van der Waals surface area contributed by atoms with E-state index in [0.717, 1.165) is 32.5 Å². The van der Waals surface area contributed by atoms with Crippen molar-refractivity contribution < 1.29 is 4.79 Å². The van der Waals surface area contributed by atoms with E-state index in [1.54, 1.807) is 0 Å². The molecule has 3 nitrogen and oxygen atoms in total. The smallest absolute Gasteiger partial charge is 0.221 e. The number of hydrogen-bond donors (Lipinski definition) is 1. The van der Waals surface area contributed by atoms with Gasteiger partial charge in [-0.15, -0.1) is 0 Å². The molecule has 0 unspecified atom stereocenters. The number of nitrogens with two attached hydrogens (primary N) is 1. The number of nitrogens with zero attached hydrogens (tertiary/aromatic N) is 1. The van der Waals surface area contributed by atoms with Gasteiger partial charge in [-0.3, -0.25) is 9.69 Å². The molecule has 0 aliphatic carbocycles. The first-order chi connectivity index (χ1) is 9.72. The van der Waals surface area contributed by atoms with Crippen LogP contribution in [0.15, 0.2) is 42.5 Å². The number of fused-ring (bicyclic) bond motifs is 1. The zero-order valence-corrected chi connectivity index (χ0v) is 11.6. The van der Waals surface area contributed by atoms with Crippen LogP contribution in [0.3, 0.4) is 0 Å². The Morgan fingerprint density at radius 2 is 2.00 bits per heavy atom. The molecule has 20 heavy (non-hydrogen) atoms. The molecule has 1 amide bonds. The molecule has 0 aromatic heterocycles. The van der Waals surface area contributed by atoms with Crippen LogP contribution < -0.4 is 5.73 Å². The molecule has 1 aliphatic rings. The summed E-state index contributed by atoms with van der Waals surface area (Å²) in [6, 6.07) is 15.0. The maximum absolute atomic E-state index is 11.3. The number of carbonyl (C=O) groups is 1. The molecule has 2 aromatic rings. The highest BCUT2D eigenvalue weighted by Crippen LogP contribution is 2.20. The topological polar surface area (TPSA) is 46.3 Å². The van der Waals surface area contributed by atoms with Crippen LogP contribution in [0, 0.1) is 5.92 Å². The molecule has 3 rings (SSSR count). The van der Waals surface area contributed by atoms with Crippen molar-refractivity contribution in [1.29, 1.82) is 0 Å². The van der Waals surface area contributed by atoms with Crippen molar-refractivity contribution in [3.63, 3.8) is 0 Å². The van der Waals surface area contributed by atoms with E-state index in [9.17, 15) is 4.79 Å². The summed E-state index contributed by atoms with van der Waals surface area (Å²) < 4.78 is 0. The third-order valence-electron chi connectivity index (χ3n) is 4.13. The molecular weight excluding hydrogens is 248 g/mol. The summed E-state index contributed by atoms with van der Waals surface area (Å²) in [5, 5.41) is 2.54. The minimum absolute atomic E-state index is 0.0178. The van der Waals surface area contributed by atoms with Gasteiger partial charge in [-0.25, -0.2) is 0 Å². The Bertz CT molecular complexity index is 623. The summed E-state index contributed by atoms with van der Waals surface area (Å²) >= 11 is 0. The number of hydrogen-bond acceptors (Lipinski definition) is 2. The minimum Gasteiger partial charge on any atom is -0.369 e. The van der Waals surface area contributed by atoms with Crippen LogP contribution in [0.5, 0.6) is 0 Å². The summed E-state index contributed by atoms with van der Waals surface area (Å²) in [7, 11) is 0. The van der Waals surface area contributed by atoms with Gasteiger partial charge in [-0.1, -0.05) is 36.4 Å². The number of primary amides is 1. The number of rotatable bonds is 3. The molecule has 1 atom stereocenters. The van der Waals surface area contributed by atoms with E-state index in [-0.39, 0.29) is 11.8 Å². The number of piperidine rings is 1. The Labute approximate surface area is 119 Å². The molecule has 0 radical (unpaired) electrons. The average molecular weight is 268 g/mol. The van der Waals surface area contributed by atoms with Crippen molar-refractivity contribution in [2.75, 3.05) is 13.1 Å². The van der Waals surface area contributed by atoms with Crippen molar-refractivity contribution in [3.05, 3.63) is 48.0 Å². The fourth-order valence-corrected chi connectivity index (χ4v) is 3.03. The standard InChI is InChI=1S/C17H20N2O/c18-17(20)16-6-3-9-19(12-16)11-13-7-8-14-4-1-2-5-15(14)10-13/h1-2,4-5,7-8,10,16H,3,6,9,11-12H2,(H2,18,20)/t16-/m0/s1. The minimum atomic E-state index is -0.159. The second kappa shape index (κ2) is 5.63. The third-order valence-corrected chi connectivity index (χ3v) is 4.13. The van der Waals surface area contributed by atoms with Gasteiger partial charge in [0.15, 0.2) is 0 Å². The van der Waals surface area contributed by atoms with Crippen molar-refractivity contribution >= 4 is 16.7 Å². The molecule has 0 saturated carbocycles. The Kier molecular flexibility index (Phi) is 3.70. The molecule has 104 valence electrons. The van der Waals surface area contributed by atoms with Gasteiger partial charge in [0.25, 0.3) is 0 Å². The third kappa shape index (κ3) is 2.83. The van der Waals surface area contributed by atoms with Crippen LogP contribution in [-0.4, -0.2) is 23.9 Å². The largest absolute Gasteiger partial charge is 0.369 e. The second-order valence-corrected chi connectivity index (χ2v) is 5.66. The predicted molar refractivity (Wildman–Crippen MR) is 81.1 cm³/mol. The zero-order valence-electron chi connectivity index (χ0n) is 11.6. The fraction of sp³-hybridized carbons (Fsp3) is 0.353. The number of carbonyl (C=O) groups excluding carboxylic acids is 1. The fourth-order valence-electron chi connectivity index (χ4n) is 3.03. The lowest BCUT2D eigenvalue weighted by Crippen LogP contribution is -2.40. The van der Waals surface area contributed by atoms with Crippen LogP contribution in [0.25, 0.3) is 10.8 Å². The van der Waals surface area contributed by atoms with Crippen LogP contribution in [0.1, 0.15) is 18.4 Å². The lowest BCUT2D eigenvalue weighted by Gasteiger charge is -2.31. The summed E-state index contributed by atoms with van der Waals surface area (Å²) in [6.45, 7) is 2.74. The summed E-state index contributed by atoms with van der Waals surface area (Å²) in [5.41, 5.74) is 6.73. The molecule has 1 heterocycles. The van der Waals surface area contributed by atoms with E-state index in [1.165, 1.54) is 16.3 Å². The lowest BCUT2D eigenvalue weighted by molar-refractivity contribution is -0.123. The summed E-state index contributed by atoms with van der Waals surface area (Å²) in [5.74, 6) is -0.141. The van der Waals surface area contributed by atoms with Gasteiger partial charge >= 0.3 is 0 Å². The van der Waals surface area contributed by atoms with Gasteiger partial charge in [-0.2, -0.15) is 0 Å². The molecule has 0 bridgehead atoms. The van der Waals surface area contributed by atoms with E-state index in [1.807, 2.05) is 0 Å².